The van der Waals surface area contributed by atoms with Gasteiger partial charge < -0.3 is 15.1 Å². The van der Waals surface area contributed by atoms with Gasteiger partial charge in [0.15, 0.2) is 11.5 Å². The lowest BCUT2D eigenvalue weighted by Crippen LogP contribution is -2.38. The molecule has 1 heterocycles. The van der Waals surface area contributed by atoms with Gasteiger partial charge in [-0.05, 0) is 25.0 Å². The zero-order valence-electron chi connectivity index (χ0n) is 9.27. The number of likely N-dealkylation sites (tertiary alicyclic amines) is 1. The topological polar surface area (TPSA) is 60.8 Å². The maximum Gasteiger partial charge on any atom is 0.257 e. The average Bonchev–Trinajstić information content (AvgIpc) is 2.33. The van der Waals surface area contributed by atoms with Crippen molar-refractivity contribution in [3.63, 3.8) is 0 Å². The lowest BCUT2D eigenvalue weighted by molar-refractivity contribution is 0.0722. The van der Waals surface area contributed by atoms with E-state index in [1.54, 1.807) is 4.90 Å². The molecule has 1 aromatic rings. The molecule has 0 aromatic heterocycles. The molecule has 4 nitrogen and oxygen atoms in total. The zero-order chi connectivity index (χ0) is 12.4. The SMILES string of the molecule is O=C(c1cccc(O)c1O)N1CCC(Cl)CC1. The van der Waals surface area contributed by atoms with Crippen molar-refractivity contribution in [1.29, 1.82) is 0 Å². The van der Waals surface area contributed by atoms with Crippen LogP contribution in [0.3, 0.4) is 0 Å². The molecule has 1 aliphatic rings. The zero-order valence-corrected chi connectivity index (χ0v) is 10.0. The Labute approximate surface area is 104 Å². The van der Waals surface area contributed by atoms with E-state index >= 15 is 0 Å². The number of phenols is 2. The molecule has 5 heteroatoms. The summed E-state index contributed by atoms with van der Waals surface area (Å²) in [6.07, 6.45) is 1.51. The summed E-state index contributed by atoms with van der Waals surface area (Å²) in [5.41, 5.74) is 0.137. The molecular formula is C12H14ClNO3. The second-order valence-corrected chi connectivity index (χ2v) is 4.76. The number of rotatable bonds is 1. The number of amides is 1. The van der Waals surface area contributed by atoms with Crippen LogP contribution in [0.15, 0.2) is 18.2 Å². The van der Waals surface area contributed by atoms with E-state index in [2.05, 4.69) is 0 Å². The molecule has 0 unspecified atom stereocenters. The quantitative estimate of drug-likeness (QED) is 0.596. The predicted molar refractivity (Wildman–Crippen MR) is 64.6 cm³/mol. The van der Waals surface area contributed by atoms with E-state index in [4.69, 9.17) is 11.6 Å². The molecule has 0 radical (unpaired) electrons. The van der Waals surface area contributed by atoms with E-state index in [9.17, 15) is 15.0 Å². The van der Waals surface area contributed by atoms with E-state index in [-0.39, 0.29) is 28.3 Å². The molecular weight excluding hydrogens is 242 g/mol. The van der Waals surface area contributed by atoms with Crippen LogP contribution in [0.5, 0.6) is 11.5 Å². The Morgan fingerprint density at radius 3 is 2.59 bits per heavy atom. The van der Waals surface area contributed by atoms with Gasteiger partial charge in [0.25, 0.3) is 5.91 Å². The number of benzene rings is 1. The summed E-state index contributed by atoms with van der Waals surface area (Å²) in [4.78, 5) is 13.7. The number of carbonyl (C=O) groups excluding carboxylic acids is 1. The van der Waals surface area contributed by atoms with Gasteiger partial charge in [0.05, 0.1) is 5.56 Å². The fourth-order valence-corrected chi connectivity index (χ4v) is 2.12. The second-order valence-electron chi connectivity index (χ2n) is 4.14. The molecule has 1 aromatic carbocycles. The Balaban J connectivity index is 2.17. The molecule has 0 saturated carbocycles. The van der Waals surface area contributed by atoms with E-state index in [0.29, 0.717) is 13.1 Å². The van der Waals surface area contributed by atoms with Crippen LogP contribution in [0.25, 0.3) is 0 Å². The van der Waals surface area contributed by atoms with Crippen molar-refractivity contribution in [3.8, 4) is 11.5 Å². The highest BCUT2D eigenvalue weighted by atomic mass is 35.5. The van der Waals surface area contributed by atoms with Crippen molar-refractivity contribution in [2.24, 2.45) is 0 Å². The number of halogens is 1. The van der Waals surface area contributed by atoms with Gasteiger partial charge in [0.1, 0.15) is 0 Å². The Kier molecular flexibility index (Phi) is 3.43. The van der Waals surface area contributed by atoms with Crippen LogP contribution in [-0.4, -0.2) is 39.5 Å². The van der Waals surface area contributed by atoms with Crippen molar-refractivity contribution in [3.05, 3.63) is 23.8 Å². The van der Waals surface area contributed by atoms with Crippen molar-refractivity contribution in [2.75, 3.05) is 13.1 Å². The number of carbonyl (C=O) groups is 1. The normalized spacial score (nSPS) is 17.1. The van der Waals surface area contributed by atoms with Crippen LogP contribution < -0.4 is 0 Å². The summed E-state index contributed by atoms with van der Waals surface area (Å²) >= 11 is 5.96. The van der Waals surface area contributed by atoms with Gasteiger partial charge in [-0.2, -0.15) is 0 Å². The molecule has 2 N–H and O–H groups in total. The Morgan fingerprint density at radius 1 is 1.29 bits per heavy atom. The van der Waals surface area contributed by atoms with Crippen LogP contribution >= 0.6 is 11.6 Å². The Bertz CT molecular complexity index is 428. The van der Waals surface area contributed by atoms with E-state index in [1.807, 2.05) is 0 Å². The number of hydrogen-bond acceptors (Lipinski definition) is 3. The highest BCUT2D eigenvalue weighted by Gasteiger charge is 2.24. The summed E-state index contributed by atoms with van der Waals surface area (Å²) in [6.45, 7) is 1.17. The third-order valence-corrected chi connectivity index (χ3v) is 3.39. The van der Waals surface area contributed by atoms with Crippen LogP contribution in [0.2, 0.25) is 0 Å². The predicted octanol–water partition coefficient (Wildman–Crippen LogP) is 1.94. The maximum absolute atomic E-state index is 12.1. The molecule has 1 amide bonds. The minimum absolute atomic E-state index is 0.122. The van der Waals surface area contributed by atoms with Gasteiger partial charge in [0.2, 0.25) is 0 Å². The lowest BCUT2D eigenvalue weighted by Gasteiger charge is -2.29. The number of nitrogens with zero attached hydrogens (tertiary/aromatic N) is 1. The van der Waals surface area contributed by atoms with E-state index in [1.165, 1.54) is 18.2 Å². The average molecular weight is 256 g/mol. The number of aromatic hydroxyl groups is 2. The van der Waals surface area contributed by atoms with Gasteiger partial charge in [-0.25, -0.2) is 0 Å². The molecule has 0 aliphatic carbocycles. The van der Waals surface area contributed by atoms with E-state index in [0.717, 1.165) is 12.8 Å². The summed E-state index contributed by atoms with van der Waals surface area (Å²) < 4.78 is 0. The lowest BCUT2D eigenvalue weighted by atomic mass is 10.1. The first kappa shape index (κ1) is 12.0. The Hall–Kier alpha value is -1.42. The standard InChI is InChI=1S/C12H14ClNO3/c13-8-4-6-14(7-5-8)12(17)9-2-1-3-10(15)11(9)16/h1-3,8,15-16H,4-7H2. The summed E-state index contributed by atoms with van der Waals surface area (Å²) in [5, 5.41) is 19.1. The highest BCUT2D eigenvalue weighted by Crippen LogP contribution is 2.30. The fourth-order valence-electron chi connectivity index (χ4n) is 1.93. The molecule has 0 bridgehead atoms. The van der Waals surface area contributed by atoms with Crippen molar-refractivity contribution >= 4 is 17.5 Å². The molecule has 1 aliphatic heterocycles. The Morgan fingerprint density at radius 2 is 1.94 bits per heavy atom. The van der Waals surface area contributed by atoms with Gasteiger partial charge in [0, 0.05) is 18.5 Å². The first-order valence-corrected chi connectivity index (χ1v) is 5.97. The molecule has 92 valence electrons. The first-order valence-electron chi connectivity index (χ1n) is 5.54. The summed E-state index contributed by atoms with van der Waals surface area (Å²) in [6, 6.07) is 4.39. The monoisotopic (exact) mass is 255 g/mol. The van der Waals surface area contributed by atoms with Gasteiger partial charge in [-0.15, -0.1) is 11.6 Å². The highest BCUT2D eigenvalue weighted by molar-refractivity contribution is 6.20. The summed E-state index contributed by atoms with van der Waals surface area (Å²) in [7, 11) is 0. The maximum atomic E-state index is 12.1. The number of para-hydroxylation sites is 1. The van der Waals surface area contributed by atoms with Gasteiger partial charge in [-0.3, -0.25) is 4.79 Å². The molecule has 0 atom stereocenters. The molecule has 1 saturated heterocycles. The van der Waals surface area contributed by atoms with Gasteiger partial charge in [-0.1, -0.05) is 6.07 Å². The van der Waals surface area contributed by atoms with Crippen LogP contribution in [0.1, 0.15) is 23.2 Å². The van der Waals surface area contributed by atoms with Crippen LogP contribution in [0, 0.1) is 0 Å². The minimum atomic E-state index is -0.356. The minimum Gasteiger partial charge on any atom is -0.504 e. The van der Waals surface area contributed by atoms with E-state index < -0.39 is 0 Å². The molecule has 0 spiro atoms. The molecule has 1 fully saturated rings. The largest absolute Gasteiger partial charge is 0.504 e. The van der Waals surface area contributed by atoms with Crippen molar-refractivity contribution < 1.29 is 15.0 Å². The summed E-state index contributed by atoms with van der Waals surface area (Å²) in [5.74, 6) is -0.893. The first-order chi connectivity index (χ1) is 8.09. The molecule has 2 rings (SSSR count). The van der Waals surface area contributed by atoms with Gasteiger partial charge >= 0.3 is 0 Å². The third kappa shape index (κ3) is 2.47. The number of phenolic OH excluding ortho intramolecular Hbond substituents is 2. The third-order valence-electron chi connectivity index (χ3n) is 2.96. The smallest absolute Gasteiger partial charge is 0.257 e. The second kappa shape index (κ2) is 4.84. The fraction of sp³-hybridized carbons (Fsp3) is 0.417. The number of alkyl halides is 1. The van der Waals surface area contributed by atoms with Crippen molar-refractivity contribution in [2.45, 2.75) is 18.2 Å². The number of hydrogen-bond donors (Lipinski definition) is 2. The van der Waals surface area contributed by atoms with Crippen molar-refractivity contribution in [1.82, 2.24) is 4.90 Å². The molecule has 17 heavy (non-hydrogen) atoms. The van der Waals surface area contributed by atoms with Crippen LogP contribution in [0.4, 0.5) is 0 Å². The number of piperidine rings is 1. The van der Waals surface area contributed by atoms with Crippen LogP contribution in [-0.2, 0) is 0 Å².